The van der Waals surface area contributed by atoms with Crippen LogP contribution in [0.3, 0.4) is 0 Å². The molecule has 3 rings (SSSR count). The van der Waals surface area contributed by atoms with Crippen molar-refractivity contribution in [2.75, 3.05) is 31.1 Å². The van der Waals surface area contributed by atoms with Gasteiger partial charge < -0.3 is 20.2 Å². The molecule has 6 heteroatoms. The van der Waals surface area contributed by atoms with Crippen LogP contribution >= 0.6 is 0 Å². The predicted molar refractivity (Wildman–Crippen MR) is 68.4 cm³/mol. The molecule has 19 heavy (non-hydrogen) atoms. The molecule has 0 spiro atoms. The fourth-order valence-corrected chi connectivity index (χ4v) is 2.73. The highest BCUT2D eigenvalue weighted by Crippen LogP contribution is 2.24. The SMILES string of the molecule is O=C1NCC2CN(c3ccc(CO)cc3F)CCN12. The molecule has 0 aliphatic carbocycles. The fourth-order valence-electron chi connectivity index (χ4n) is 2.73. The normalized spacial score (nSPS) is 22.4. The van der Waals surface area contributed by atoms with Crippen molar-refractivity contribution in [3.05, 3.63) is 29.6 Å². The van der Waals surface area contributed by atoms with Gasteiger partial charge in [0.2, 0.25) is 0 Å². The molecule has 5 nitrogen and oxygen atoms in total. The molecule has 0 radical (unpaired) electrons. The first kappa shape index (κ1) is 12.2. The number of anilines is 1. The molecule has 2 amide bonds. The second-order valence-electron chi connectivity index (χ2n) is 4.92. The molecule has 2 N–H and O–H groups in total. The first-order chi connectivity index (χ1) is 9.19. The Labute approximate surface area is 110 Å². The number of aliphatic hydroxyl groups is 1. The second-order valence-corrected chi connectivity index (χ2v) is 4.92. The van der Waals surface area contributed by atoms with Crippen LogP contribution in [0.25, 0.3) is 0 Å². The lowest BCUT2D eigenvalue weighted by atomic mass is 10.1. The maximum Gasteiger partial charge on any atom is 0.317 e. The maximum absolute atomic E-state index is 14.0. The van der Waals surface area contributed by atoms with Crippen LogP contribution in [0.15, 0.2) is 18.2 Å². The van der Waals surface area contributed by atoms with E-state index in [1.54, 1.807) is 17.0 Å². The van der Waals surface area contributed by atoms with Gasteiger partial charge in [-0.25, -0.2) is 9.18 Å². The molecule has 1 aromatic carbocycles. The summed E-state index contributed by atoms with van der Waals surface area (Å²) in [5.74, 6) is -0.322. The number of fused-ring (bicyclic) bond motifs is 1. The van der Waals surface area contributed by atoms with Gasteiger partial charge in [0.25, 0.3) is 0 Å². The number of nitrogens with zero attached hydrogens (tertiary/aromatic N) is 2. The Morgan fingerprint density at radius 3 is 3.00 bits per heavy atom. The minimum Gasteiger partial charge on any atom is -0.392 e. The average Bonchev–Trinajstić information content (AvgIpc) is 2.79. The minimum absolute atomic E-state index is 0.0271. The monoisotopic (exact) mass is 265 g/mol. The van der Waals surface area contributed by atoms with Crippen molar-refractivity contribution in [3.63, 3.8) is 0 Å². The van der Waals surface area contributed by atoms with Gasteiger partial charge in [0.05, 0.1) is 18.3 Å². The molecule has 2 saturated heterocycles. The molecule has 2 heterocycles. The van der Waals surface area contributed by atoms with Gasteiger partial charge in [0.1, 0.15) is 5.82 Å². The van der Waals surface area contributed by atoms with Crippen molar-refractivity contribution in [3.8, 4) is 0 Å². The number of carbonyl (C=O) groups is 1. The van der Waals surface area contributed by atoms with Crippen molar-refractivity contribution < 1.29 is 14.3 Å². The largest absolute Gasteiger partial charge is 0.392 e. The van der Waals surface area contributed by atoms with Gasteiger partial charge in [0, 0.05) is 26.2 Å². The van der Waals surface area contributed by atoms with Crippen LogP contribution in [-0.2, 0) is 6.61 Å². The molecule has 0 saturated carbocycles. The Hall–Kier alpha value is -1.82. The molecule has 2 fully saturated rings. The second kappa shape index (κ2) is 4.70. The summed E-state index contributed by atoms with van der Waals surface area (Å²) >= 11 is 0. The van der Waals surface area contributed by atoms with Gasteiger partial charge in [-0.05, 0) is 17.7 Å². The molecule has 1 atom stereocenters. The van der Waals surface area contributed by atoms with Crippen molar-refractivity contribution in [1.82, 2.24) is 10.2 Å². The van der Waals surface area contributed by atoms with E-state index in [9.17, 15) is 9.18 Å². The van der Waals surface area contributed by atoms with Gasteiger partial charge in [-0.15, -0.1) is 0 Å². The first-order valence-electron chi connectivity index (χ1n) is 6.38. The molecule has 0 bridgehead atoms. The third-order valence-electron chi connectivity index (χ3n) is 3.77. The van der Waals surface area contributed by atoms with E-state index in [1.807, 2.05) is 4.90 Å². The highest BCUT2D eigenvalue weighted by molar-refractivity contribution is 5.77. The number of benzene rings is 1. The van der Waals surface area contributed by atoms with Crippen LogP contribution < -0.4 is 10.2 Å². The number of piperazine rings is 1. The van der Waals surface area contributed by atoms with Gasteiger partial charge in [-0.2, -0.15) is 0 Å². The van der Waals surface area contributed by atoms with Crippen LogP contribution in [0.2, 0.25) is 0 Å². The van der Waals surface area contributed by atoms with Gasteiger partial charge in [0.15, 0.2) is 0 Å². The topological polar surface area (TPSA) is 55.8 Å². The third kappa shape index (κ3) is 2.12. The number of urea groups is 1. The van der Waals surface area contributed by atoms with E-state index in [0.29, 0.717) is 37.4 Å². The lowest BCUT2D eigenvalue weighted by Crippen LogP contribution is -2.52. The molecular formula is C13H16FN3O2. The lowest BCUT2D eigenvalue weighted by Gasteiger charge is -2.37. The van der Waals surface area contributed by atoms with E-state index in [2.05, 4.69) is 5.32 Å². The highest BCUT2D eigenvalue weighted by Gasteiger charge is 2.35. The standard InChI is InChI=1S/C13H16FN3O2/c14-11-5-9(8-18)1-2-12(11)16-3-4-17-10(7-16)6-15-13(17)19/h1-2,5,10,18H,3-4,6-8H2,(H,15,19). The van der Waals surface area contributed by atoms with Crippen LogP contribution in [0.1, 0.15) is 5.56 Å². The van der Waals surface area contributed by atoms with Crippen molar-refractivity contribution >= 4 is 11.7 Å². The van der Waals surface area contributed by atoms with Crippen molar-refractivity contribution in [2.24, 2.45) is 0 Å². The van der Waals surface area contributed by atoms with Crippen LogP contribution in [0.5, 0.6) is 0 Å². The van der Waals surface area contributed by atoms with Crippen LogP contribution in [0.4, 0.5) is 14.9 Å². The molecule has 1 unspecified atom stereocenters. The average molecular weight is 265 g/mol. The zero-order chi connectivity index (χ0) is 13.4. The Balaban J connectivity index is 1.79. The number of hydrogen-bond acceptors (Lipinski definition) is 3. The smallest absolute Gasteiger partial charge is 0.317 e. The Morgan fingerprint density at radius 1 is 1.42 bits per heavy atom. The van der Waals surface area contributed by atoms with Gasteiger partial charge >= 0.3 is 6.03 Å². The van der Waals surface area contributed by atoms with E-state index < -0.39 is 0 Å². The molecule has 0 aromatic heterocycles. The Kier molecular flexibility index (Phi) is 3.02. The minimum atomic E-state index is -0.322. The summed E-state index contributed by atoms with van der Waals surface area (Å²) in [7, 11) is 0. The fraction of sp³-hybridized carbons (Fsp3) is 0.462. The van der Waals surface area contributed by atoms with Crippen LogP contribution in [-0.4, -0.2) is 48.3 Å². The summed E-state index contributed by atoms with van der Waals surface area (Å²) < 4.78 is 14.0. The Morgan fingerprint density at radius 2 is 2.26 bits per heavy atom. The number of halogens is 1. The summed E-state index contributed by atoms with van der Waals surface area (Å²) in [6.45, 7) is 2.32. The first-order valence-corrected chi connectivity index (χ1v) is 6.38. The molecule has 1 aromatic rings. The van der Waals surface area contributed by atoms with E-state index in [-0.39, 0.29) is 24.5 Å². The van der Waals surface area contributed by atoms with Gasteiger partial charge in [-0.1, -0.05) is 6.07 Å². The van der Waals surface area contributed by atoms with Gasteiger partial charge in [-0.3, -0.25) is 0 Å². The van der Waals surface area contributed by atoms with E-state index in [4.69, 9.17) is 5.11 Å². The van der Waals surface area contributed by atoms with Crippen molar-refractivity contribution in [1.29, 1.82) is 0 Å². The zero-order valence-electron chi connectivity index (χ0n) is 10.5. The zero-order valence-corrected chi connectivity index (χ0v) is 10.5. The summed E-state index contributed by atoms with van der Waals surface area (Å²) in [6.07, 6.45) is 0. The lowest BCUT2D eigenvalue weighted by molar-refractivity contribution is 0.197. The molecular weight excluding hydrogens is 249 g/mol. The van der Waals surface area contributed by atoms with E-state index in [0.717, 1.165) is 0 Å². The van der Waals surface area contributed by atoms with E-state index in [1.165, 1.54) is 6.07 Å². The number of rotatable bonds is 2. The van der Waals surface area contributed by atoms with E-state index >= 15 is 0 Å². The molecule has 2 aliphatic heterocycles. The summed E-state index contributed by atoms with van der Waals surface area (Å²) in [5, 5.41) is 11.8. The predicted octanol–water partition coefficient (Wildman–Crippen LogP) is 0.532. The molecule has 2 aliphatic rings. The summed E-state index contributed by atoms with van der Waals surface area (Å²) in [6, 6.07) is 4.86. The highest BCUT2D eigenvalue weighted by atomic mass is 19.1. The van der Waals surface area contributed by atoms with Crippen molar-refractivity contribution in [2.45, 2.75) is 12.6 Å². The molecule has 102 valence electrons. The summed E-state index contributed by atoms with van der Waals surface area (Å²) in [5.41, 5.74) is 1.11. The maximum atomic E-state index is 14.0. The number of amides is 2. The number of nitrogens with one attached hydrogen (secondary N) is 1. The number of hydrogen-bond donors (Lipinski definition) is 2. The third-order valence-corrected chi connectivity index (χ3v) is 3.77. The van der Waals surface area contributed by atoms with Crippen LogP contribution in [0, 0.1) is 5.82 Å². The Bertz CT molecular complexity index is 509. The number of carbonyl (C=O) groups excluding carboxylic acids is 1. The summed E-state index contributed by atoms with van der Waals surface area (Å²) in [4.78, 5) is 15.3. The number of aliphatic hydroxyl groups excluding tert-OH is 1. The quantitative estimate of drug-likeness (QED) is 0.820.